The van der Waals surface area contributed by atoms with E-state index in [1.165, 1.54) is 12.8 Å². The summed E-state index contributed by atoms with van der Waals surface area (Å²) in [5.74, 6) is 0.803. The molecule has 5 aliphatic rings. The van der Waals surface area contributed by atoms with Crippen LogP contribution in [-0.2, 0) is 19.1 Å². The molecule has 0 spiro atoms. The number of hydrogen-bond acceptors (Lipinski definition) is 4. The number of hydrogen-bond donors (Lipinski definition) is 0. The van der Waals surface area contributed by atoms with Crippen LogP contribution in [0.4, 0.5) is 0 Å². The van der Waals surface area contributed by atoms with Crippen molar-refractivity contribution >= 4 is 11.9 Å². The second-order valence-corrected chi connectivity index (χ2v) is 6.42. The summed E-state index contributed by atoms with van der Waals surface area (Å²) in [5, 5.41) is 0. The molecule has 0 unspecified atom stereocenters. The van der Waals surface area contributed by atoms with Crippen LogP contribution in [0.5, 0.6) is 0 Å². The Balaban J connectivity index is 1.74. The minimum absolute atomic E-state index is 0.0780. The summed E-state index contributed by atoms with van der Waals surface area (Å²) >= 11 is 0. The average Bonchev–Trinajstić information content (AvgIpc) is 3.11. The first-order valence-corrected chi connectivity index (χ1v) is 7.02. The highest BCUT2D eigenvalue weighted by atomic mass is 16.7. The van der Waals surface area contributed by atoms with Gasteiger partial charge >= 0.3 is 11.9 Å². The molecule has 4 saturated carbocycles. The molecule has 0 aromatic rings. The molecule has 0 amide bonds. The van der Waals surface area contributed by atoms with Crippen LogP contribution < -0.4 is 0 Å². The SMILES string of the molecule is O=C1CC[C@@]23C[C@]2(C(=O)OCO1)[C@H]1CC[C@@H]3CC1. The van der Waals surface area contributed by atoms with Crippen LogP contribution in [0, 0.1) is 22.7 Å². The van der Waals surface area contributed by atoms with Crippen LogP contribution in [0.3, 0.4) is 0 Å². The van der Waals surface area contributed by atoms with Crippen LogP contribution in [0.1, 0.15) is 44.9 Å². The third-order valence-electron chi connectivity index (χ3n) is 6.11. The average molecular weight is 250 g/mol. The number of rotatable bonds is 0. The normalized spacial score (nSPS) is 50.0. The van der Waals surface area contributed by atoms with E-state index in [-0.39, 0.29) is 29.6 Å². The molecule has 1 heterocycles. The van der Waals surface area contributed by atoms with E-state index in [1.807, 2.05) is 0 Å². The van der Waals surface area contributed by atoms with Crippen molar-refractivity contribution in [3.05, 3.63) is 0 Å². The van der Waals surface area contributed by atoms with Crippen LogP contribution in [0.2, 0.25) is 0 Å². The minimum atomic E-state index is -0.248. The lowest BCUT2D eigenvalue weighted by Crippen LogP contribution is -2.44. The van der Waals surface area contributed by atoms with Crippen molar-refractivity contribution in [3.8, 4) is 0 Å². The second-order valence-electron chi connectivity index (χ2n) is 6.42. The standard InChI is InChI=1S/C14H18O4/c15-11-5-6-13-7-14(13,12(16)18-8-17-11)10-3-1-9(13)2-4-10/h9-10H,1-8H2/t9-,10+,13-,14+/m0/s1. The van der Waals surface area contributed by atoms with Gasteiger partial charge in [-0.1, -0.05) is 0 Å². The first-order valence-electron chi connectivity index (χ1n) is 7.02. The topological polar surface area (TPSA) is 52.6 Å². The lowest BCUT2D eigenvalue weighted by Gasteiger charge is -2.46. The maximum absolute atomic E-state index is 12.4. The zero-order valence-corrected chi connectivity index (χ0v) is 10.4. The number of carbonyl (C=O) groups excluding carboxylic acids is 2. The van der Waals surface area contributed by atoms with Crippen LogP contribution in [0.25, 0.3) is 0 Å². The van der Waals surface area contributed by atoms with Crippen molar-refractivity contribution in [2.45, 2.75) is 44.9 Å². The van der Waals surface area contributed by atoms with Crippen LogP contribution in [-0.4, -0.2) is 18.7 Å². The molecular formula is C14H18O4. The first-order chi connectivity index (χ1) is 8.69. The fourth-order valence-corrected chi connectivity index (χ4v) is 5.28. The Morgan fingerprint density at radius 1 is 1.00 bits per heavy atom. The van der Waals surface area contributed by atoms with Gasteiger partial charge in [0.2, 0.25) is 6.79 Å². The fourth-order valence-electron chi connectivity index (χ4n) is 5.28. The highest BCUT2D eigenvalue weighted by Crippen LogP contribution is 2.81. The molecule has 0 aromatic heterocycles. The van der Waals surface area contributed by atoms with Gasteiger partial charge in [0.15, 0.2) is 0 Å². The van der Waals surface area contributed by atoms with E-state index in [1.54, 1.807) is 0 Å². The van der Waals surface area contributed by atoms with Gasteiger partial charge in [-0.3, -0.25) is 9.59 Å². The molecule has 5 fully saturated rings. The number of carbonyl (C=O) groups is 2. The van der Waals surface area contributed by atoms with Gasteiger partial charge in [-0.05, 0) is 55.8 Å². The summed E-state index contributed by atoms with van der Waals surface area (Å²) in [6.07, 6.45) is 7.02. The van der Waals surface area contributed by atoms with Crippen molar-refractivity contribution < 1.29 is 19.1 Å². The van der Waals surface area contributed by atoms with Gasteiger partial charge in [0.25, 0.3) is 0 Å². The van der Waals surface area contributed by atoms with Crippen molar-refractivity contribution in [2.24, 2.45) is 22.7 Å². The summed E-state index contributed by atoms with van der Waals surface area (Å²) in [7, 11) is 0. The minimum Gasteiger partial charge on any atom is -0.428 e. The summed E-state index contributed by atoms with van der Waals surface area (Å²) < 4.78 is 10.1. The molecule has 2 atom stereocenters. The molecule has 1 aliphatic heterocycles. The second kappa shape index (κ2) is 3.28. The quantitative estimate of drug-likeness (QED) is 0.617. The van der Waals surface area contributed by atoms with Gasteiger partial charge in [-0.25, -0.2) is 0 Å². The van der Waals surface area contributed by atoms with Crippen molar-refractivity contribution in [3.63, 3.8) is 0 Å². The lowest BCUT2D eigenvalue weighted by molar-refractivity contribution is -0.174. The van der Waals surface area contributed by atoms with Crippen LogP contribution in [0.15, 0.2) is 0 Å². The molecule has 4 aliphatic carbocycles. The van der Waals surface area contributed by atoms with Crippen molar-refractivity contribution in [2.75, 3.05) is 6.79 Å². The summed E-state index contributed by atoms with van der Waals surface area (Å²) in [6.45, 7) is -0.188. The van der Waals surface area contributed by atoms with Gasteiger partial charge in [0, 0.05) is 6.42 Å². The van der Waals surface area contributed by atoms with E-state index >= 15 is 0 Å². The molecule has 4 heteroatoms. The van der Waals surface area contributed by atoms with Gasteiger partial charge < -0.3 is 9.47 Å². The zero-order chi connectivity index (χ0) is 12.4. The molecule has 5 rings (SSSR count). The molecule has 0 aromatic carbocycles. The largest absolute Gasteiger partial charge is 0.428 e. The number of esters is 2. The zero-order valence-electron chi connectivity index (χ0n) is 10.4. The summed E-state index contributed by atoms with van der Waals surface area (Å²) in [5.41, 5.74) is -0.170. The summed E-state index contributed by atoms with van der Waals surface area (Å²) in [4.78, 5) is 23.9. The number of cyclic esters (lactones) is 2. The maximum Gasteiger partial charge on any atom is 0.315 e. The van der Waals surface area contributed by atoms with E-state index in [9.17, 15) is 9.59 Å². The Labute approximate surface area is 106 Å². The lowest BCUT2D eigenvalue weighted by atomic mass is 9.57. The molecule has 2 bridgehead atoms. The molecule has 4 nitrogen and oxygen atoms in total. The molecule has 0 radical (unpaired) electrons. The predicted molar refractivity (Wildman–Crippen MR) is 61.2 cm³/mol. The number of fused-ring (bicyclic) bond motifs is 2. The van der Waals surface area contributed by atoms with Gasteiger partial charge in [-0.15, -0.1) is 0 Å². The monoisotopic (exact) mass is 250 g/mol. The van der Waals surface area contributed by atoms with Gasteiger partial charge in [-0.2, -0.15) is 0 Å². The Morgan fingerprint density at radius 2 is 1.72 bits per heavy atom. The van der Waals surface area contributed by atoms with Gasteiger partial charge in [0.1, 0.15) is 0 Å². The van der Waals surface area contributed by atoms with Crippen molar-refractivity contribution in [1.82, 2.24) is 0 Å². The first kappa shape index (κ1) is 10.8. The third-order valence-corrected chi connectivity index (χ3v) is 6.11. The molecule has 1 saturated heterocycles. The van der Waals surface area contributed by atoms with E-state index in [0.29, 0.717) is 18.3 Å². The fraction of sp³-hybridized carbons (Fsp3) is 0.857. The molecule has 18 heavy (non-hydrogen) atoms. The predicted octanol–water partition coefficient (Wildman–Crippen LogP) is 2.02. The van der Waals surface area contributed by atoms with E-state index < -0.39 is 0 Å². The molecule has 98 valence electrons. The molecular weight excluding hydrogens is 232 g/mol. The Morgan fingerprint density at radius 3 is 2.50 bits per heavy atom. The Bertz CT molecular complexity index is 424. The Hall–Kier alpha value is -1.06. The van der Waals surface area contributed by atoms with Crippen molar-refractivity contribution in [1.29, 1.82) is 0 Å². The maximum atomic E-state index is 12.4. The van der Waals surface area contributed by atoms with Gasteiger partial charge in [0.05, 0.1) is 5.41 Å². The highest BCUT2D eigenvalue weighted by molar-refractivity contribution is 5.84. The van der Waals surface area contributed by atoms with E-state index in [0.717, 1.165) is 25.7 Å². The Kier molecular flexibility index (Phi) is 1.97. The smallest absolute Gasteiger partial charge is 0.315 e. The summed E-state index contributed by atoms with van der Waals surface area (Å²) in [6, 6.07) is 0. The van der Waals surface area contributed by atoms with E-state index in [2.05, 4.69) is 0 Å². The highest BCUT2D eigenvalue weighted by Gasteiger charge is 2.80. The third kappa shape index (κ3) is 1.08. The number of ether oxygens (including phenoxy) is 2. The van der Waals surface area contributed by atoms with Crippen LogP contribution >= 0.6 is 0 Å². The molecule has 0 N–H and O–H groups in total. The van der Waals surface area contributed by atoms with E-state index in [4.69, 9.17) is 9.47 Å².